The van der Waals surface area contributed by atoms with Crippen molar-refractivity contribution in [3.8, 4) is 0 Å². The lowest BCUT2D eigenvalue weighted by Gasteiger charge is -2.48. The number of nitrogens with two attached hydrogens (primary N) is 1. The third-order valence-electron chi connectivity index (χ3n) is 3.84. The van der Waals surface area contributed by atoms with Crippen LogP contribution in [0.1, 0.15) is 24.8 Å². The minimum absolute atomic E-state index is 0. The quantitative estimate of drug-likeness (QED) is 0.923. The van der Waals surface area contributed by atoms with Gasteiger partial charge in [0.1, 0.15) is 0 Å². The first kappa shape index (κ1) is 15.0. The summed E-state index contributed by atoms with van der Waals surface area (Å²) < 4.78 is 1.19. The molecule has 0 atom stereocenters. The van der Waals surface area contributed by atoms with E-state index in [0.717, 1.165) is 13.1 Å². The molecule has 0 aromatic heterocycles. The Bertz CT molecular complexity index is 361. The molecule has 0 bridgehead atoms. The van der Waals surface area contributed by atoms with E-state index in [9.17, 15) is 0 Å². The van der Waals surface area contributed by atoms with Gasteiger partial charge in [-0.3, -0.25) is 4.90 Å². The number of likely N-dealkylation sites (N-methyl/N-ethyl adjacent to an activating group) is 1. The molecule has 1 saturated carbocycles. The molecule has 0 amide bonds. The van der Waals surface area contributed by atoms with Gasteiger partial charge in [-0.15, -0.1) is 12.4 Å². The van der Waals surface area contributed by atoms with Crippen molar-refractivity contribution in [3.05, 3.63) is 34.3 Å². The molecule has 17 heavy (non-hydrogen) atoms. The molecule has 0 radical (unpaired) electrons. The van der Waals surface area contributed by atoms with Crippen LogP contribution < -0.4 is 5.73 Å². The van der Waals surface area contributed by atoms with Crippen molar-refractivity contribution < 1.29 is 0 Å². The van der Waals surface area contributed by atoms with Crippen LogP contribution in [0.2, 0.25) is 0 Å². The summed E-state index contributed by atoms with van der Waals surface area (Å²) >= 11 is 3.60. The number of hydrogen-bond donors (Lipinski definition) is 1. The average molecular weight is 320 g/mol. The van der Waals surface area contributed by atoms with E-state index in [2.05, 4.69) is 52.1 Å². The van der Waals surface area contributed by atoms with Gasteiger partial charge in [-0.25, -0.2) is 0 Å². The summed E-state index contributed by atoms with van der Waals surface area (Å²) in [5, 5.41) is 0. The second kappa shape index (κ2) is 6.19. The summed E-state index contributed by atoms with van der Waals surface area (Å²) in [6.45, 7) is 1.74. The topological polar surface area (TPSA) is 29.3 Å². The molecule has 1 fully saturated rings. The average Bonchev–Trinajstić information content (AvgIpc) is 2.21. The molecule has 0 aliphatic heterocycles. The van der Waals surface area contributed by atoms with Gasteiger partial charge in [-0.05, 0) is 37.9 Å². The lowest BCUT2D eigenvalue weighted by Crippen LogP contribution is -2.56. The Morgan fingerprint density at radius 1 is 1.35 bits per heavy atom. The molecule has 1 aromatic rings. The maximum Gasteiger partial charge on any atom is 0.0332 e. The van der Waals surface area contributed by atoms with Crippen LogP contribution in [0.3, 0.4) is 0 Å². The summed E-state index contributed by atoms with van der Waals surface area (Å²) in [5.74, 6) is 0. The molecule has 2 rings (SSSR count). The molecular weight excluding hydrogens is 300 g/mol. The fraction of sp³-hybridized carbons (Fsp3) is 0.538. The molecule has 0 unspecified atom stereocenters. The summed E-state index contributed by atoms with van der Waals surface area (Å²) in [4.78, 5) is 2.41. The van der Waals surface area contributed by atoms with Crippen molar-refractivity contribution >= 4 is 28.3 Å². The van der Waals surface area contributed by atoms with Crippen LogP contribution in [0.15, 0.2) is 28.7 Å². The largest absolute Gasteiger partial charge is 0.329 e. The highest BCUT2D eigenvalue weighted by Gasteiger charge is 2.39. The van der Waals surface area contributed by atoms with Gasteiger partial charge in [0.2, 0.25) is 0 Å². The second-order valence-electron chi connectivity index (χ2n) is 4.73. The van der Waals surface area contributed by atoms with Gasteiger partial charge >= 0.3 is 0 Å². The third-order valence-corrected chi connectivity index (χ3v) is 4.61. The van der Waals surface area contributed by atoms with E-state index in [4.69, 9.17) is 5.73 Å². The minimum atomic E-state index is 0. The van der Waals surface area contributed by atoms with Crippen molar-refractivity contribution in [2.45, 2.75) is 31.3 Å². The van der Waals surface area contributed by atoms with Gasteiger partial charge in [-0.1, -0.05) is 34.1 Å². The molecule has 2 N–H and O–H groups in total. The van der Waals surface area contributed by atoms with E-state index in [0.29, 0.717) is 0 Å². The summed E-state index contributed by atoms with van der Waals surface area (Å²) in [6.07, 6.45) is 3.80. The van der Waals surface area contributed by atoms with Gasteiger partial charge in [0.15, 0.2) is 0 Å². The van der Waals surface area contributed by atoms with Crippen LogP contribution in [0.25, 0.3) is 0 Å². The highest BCUT2D eigenvalue weighted by Crippen LogP contribution is 2.37. The SMILES string of the molecule is CN(Cc1ccccc1Br)C1(CN)CCC1.Cl. The number of hydrogen-bond acceptors (Lipinski definition) is 2. The molecule has 4 heteroatoms. The van der Waals surface area contributed by atoms with Crippen LogP contribution in [0.5, 0.6) is 0 Å². The second-order valence-corrected chi connectivity index (χ2v) is 5.58. The number of benzene rings is 1. The van der Waals surface area contributed by atoms with E-state index >= 15 is 0 Å². The number of rotatable bonds is 4. The maximum absolute atomic E-state index is 5.91. The molecule has 2 nitrogen and oxygen atoms in total. The smallest absolute Gasteiger partial charge is 0.0332 e. The number of halogens is 2. The van der Waals surface area contributed by atoms with E-state index in [1.165, 1.54) is 29.3 Å². The number of nitrogens with zero attached hydrogens (tertiary/aromatic N) is 1. The first-order valence-corrected chi connectivity index (χ1v) is 6.62. The highest BCUT2D eigenvalue weighted by atomic mass is 79.9. The molecule has 1 aliphatic rings. The lowest BCUT2D eigenvalue weighted by molar-refractivity contribution is 0.0397. The Labute approximate surface area is 118 Å². The summed E-state index contributed by atoms with van der Waals surface area (Å²) in [7, 11) is 2.19. The first-order chi connectivity index (χ1) is 7.68. The van der Waals surface area contributed by atoms with Crippen LogP contribution in [0, 0.1) is 0 Å². The predicted molar refractivity (Wildman–Crippen MR) is 78.5 cm³/mol. The van der Waals surface area contributed by atoms with E-state index in [1.54, 1.807) is 0 Å². The molecule has 1 aromatic carbocycles. The summed E-state index contributed by atoms with van der Waals surface area (Å²) in [6, 6.07) is 8.40. The Morgan fingerprint density at radius 2 is 2.00 bits per heavy atom. The van der Waals surface area contributed by atoms with Crippen LogP contribution in [-0.4, -0.2) is 24.0 Å². The highest BCUT2D eigenvalue weighted by molar-refractivity contribution is 9.10. The third kappa shape index (κ3) is 3.02. The lowest BCUT2D eigenvalue weighted by atomic mass is 9.75. The maximum atomic E-state index is 5.91. The zero-order chi connectivity index (χ0) is 11.6. The normalized spacial score (nSPS) is 17.4. The Balaban J connectivity index is 0.00000144. The standard InChI is InChI=1S/C13H19BrN2.ClH/c1-16(13(10-15)7-4-8-13)9-11-5-2-3-6-12(11)14;/h2-3,5-6H,4,7-10,15H2,1H3;1H. The predicted octanol–water partition coefficient (Wildman–Crippen LogP) is 3.18. The molecule has 0 heterocycles. The minimum Gasteiger partial charge on any atom is -0.329 e. The van der Waals surface area contributed by atoms with Gasteiger partial charge < -0.3 is 5.73 Å². The van der Waals surface area contributed by atoms with Crippen molar-refractivity contribution in [2.24, 2.45) is 5.73 Å². The van der Waals surface area contributed by atoms with Crippen molar-refractivity contribution in [1.29, 1.82) is 0 Å². The van der Waals surface area contributed by atoms with E-state index in [1.807, 2.05) is 0 Å². The van der Waals surface area contributed by atoms with Gasteiger partial charge in [0.25, 0.3) is 0 Å². The molecule has 96 valence electrons. The van der Waals surface area contributed by atoms with E-state index in [-0.39, 0.29) is 17.9 Å². The Hall–Kier alpha value is -0.0900. The van der Waals surface area contributed by atoms with Crippen LogP contribution >= 0.6 is 28.3 Å². The summed E-state index contributed by atoms with van der Waals surface area (Å²) in [5.41, 5.74) is 7.50. The van der Waals surface area contributed by atoms with Gasteiger partial charge in [-0.2, -0.15) is 0 Å². The molecule has 0 saturated heterocycles. The zero-order valence-electron chi connectivity index (χ0n) is 10.2. The van der Waals surface area contributed by atoms with Crippen molar-refractivity contribution in [2.75, 3.05) is 13.6 Å². The van der Waals surface area contributed by atoms with E-state index < -0.39 is 0 Å². The van der Waals surface area contributed by atoms with Crippen LogP contribution in [0.4, 0.5) is 0 Å². The molecule has 1 aliphatic carbocycles. The zero-order valence-corrected chi connectivity index (χ0v) is 12.6. The van der Waals surface area contributed by atoms with Crippen LogP contribution in [-0.2, 0) is 6.54 Å². The Kier molecular flexibility index (Phi) is 5.45. The molecule has 0 spiro atoms. The first-order valence-electron chi connectivity index (χ1n) is 5.83. The van der Waals surface area contributed by atoms with Crippen molar-refractivity contribution in [1.82, 2.24) is 4.90 Å². The van der Waals surface area contributed by atoms with Gasteiger partial charge in [0.05, 0.1) is 0 Å². The van der Waals surface area contributed by atoms with Crippen molar-refractivity contribution in [3.63, 3.8) is 0 Å². The fourth-order valence-corrected chi connectivity index (χ4v) is 2.79. The monoisotopic (exact) mass is 318 g/mol. The Morgan fingerprint density at radius 3 is 2.47 bits per heavy atom. The fourth-order valence-electron chi connectivity index (χ4n) is 2.38. The molecular formula is C13H20BrClN2. The van der Waals surface area contributed by atoms with Gasteiger partial charge in [0, 0.05) is 23.1 Å².